The van der Waals surface area contributed by atoms with Gasteiger partial charge in [0.05, 0.1) is 0 Å². The summed E-state index contributed by atoms with van der Waals surface area (Å²) in [7, 11) is 0. The molecule has 2 fully saturated rings. The van der Waals surface area contributed by atoms with E-state index in [2.05, 4.69) is 19.2 Å². The predicted molar refractivity (Wildman–Crippen MR) is 75.2 cm³/mol. The van der Waals surface area contributed by atoms with Crippen LogP contribution in [0.5, 0.6) is 0 Å². The van der Waals surface area contributed by atoms with Gasteiger partial charge in [-0.2, -0.15) is 0 Å². The van der Waals surface area contributed by atoms with E-state index in [0.29, 0.717) is 0 Å². The lowest BCUT2D eigenvalue weighted by molar-refractivity contribution is 0.314. The number of fused-ring (bicyclic) bond motifs is 2. The van der Waals surface area contributed by atoms with Crippen molar-refractivity contribution in [1.29, 1.82) is 0 Å². The van der Waals surface area contributed by atoms with Crippen molar-refractivity contribution in [1.82, 2.24) is 5.32 Å². The van der Waals surface area contributed by atoms with Crippen molar-refractivity contribution in [2.45, 2.75) is 90.1 Å². The van der Waals surface area contributed by atoms with Gasteiger partial charge in [-0.25, -0.2) is 0 Å². The fourth-order valence-corrected chi connectivity index (χ4v) is 3.95. The van der Waals surface area contributed by atoms with Gasteiger partial charge in [0.15, 0.2) is 0 Å². The van der Waals surface area contributed by atoms with Crippen LogP contribution in [0.25, 0.3) is 0 Å². The highest BCUT2D eigenvalue weighted by molar-refractivity contribution is 4.94. The van der Waals surface area contributed by atoms with E-state index in [9.17, 15) is 0 Å². The van der Waals surface area contributed by atoms with Gasteiger partial charge in [0, 0.05) is 12.1 Å². The zero-order valence-corrected chi connectivity index (χ0v) is 11.9. The molecule has 0 radical (unpaired) electrons. The lowest BCUT2D eigenvalue weighted by Crippen LogP contribution is -2.39. The second kappa shape index (κ2) is 6.78. The highest BCUT2D eigenvalue weighted by Gasteiger charge is 2.39. The molecule has 2 bridgehead atoms. The zero-order chi connectivity index (χ0) is 12.1. The Kier molecular flexibility index (Phi) is 5.34. The average molecular weight is 237 g/mol. The molecule has 0 aliphatic heterocycles. The summed E-state index contributed by atoms with van der Waals surface area (Å²) >= 11 is 0. The Bertz CT molecular complexity index is 214. The van der Waals surface area contributed by atoms with Gasteiger partial charge in [0.2, 0.25) is 0 Å². The third-order valence-corrected chi connectivity index (χ3v) is 4.98. The summed E-state index contributed by atoms with van der Waals surface area (Å²) in [6, 6.07) is 1.63. The molecule has 0 spiro atoms. The molecule has 0 amide bonds. The largest absolute Gasteiger partial charge is 0.311 e. The molecule has 0 aromatic heterocycles. The maximum atomic E-state index is 3.90. The first-order chi connectivity index (χ1) is 8.29. The summed E-state index contributed by atoms with van der Waals surface area (Å²) in [4.78, 5) is 0. The number of unbranched alkanes of at least 4 members (excludes halogenated alkanes) is 4. The average Bonchev–Trinajstić information content (AvgIpc) is 2.90. The molecule has 0 aromatic carbocycles. The molecule has 1 heteroatoms. The molecule has 2 aliphatic carbocycles. The van der Waals surface area contributed by atoms with Gasteiger partial charge in [-0.15, -0.1) is 0 Å². The van der Waals surface area contributed by atoms with E-state index in [4.69, 9.17) is 0 Å². The topological polar surface area (TPSA) is 12.0 Å². The smallest absolute Gasteiger partial charge is 0.0100 e. The second-order valence-corrected chi connectivity index (χ2v) is 6.55. The van der Waals surface area contributed by atoms with Crippen molar-refractivity contribution in [2.24, 2.45) is 11.8 Å². The first-order valence-electron chi connectivity index (χ1n) is 8.05. The number of nitrogens with one attached hydrogen (secondary N) is 1. The van der Waals surface area contributed by atoms with Crippen LogP contribution in [-0.2, 0) is 0 Å². The van der Waals surface area contributed by atoms with Crippen molar-refractivity contribution in [3.8, 4) is 0 Å². The Morgan fingerprint density at radius 1 is 1.06 bits per heavy atom. The molecular weight excluding hydrogens is 206 g/mol. The predicted octanol–water partition coefficient (Wildman–Crippen LogP) is 4.51. The molecule has 2 aliphatic rings. The van der Waals surface area contributed by atoms with Crippen molar-refractivity contribution in [3.63, 3.8) is 0 Å². The molecule has 0 heterocycles. The Labute approximate surface area is 108 Å². The molecule has 0 saturated heterocycles. The molecule has 17 heavy (non-hydrogen) atoms. The zero-order valence-electron chi connectivity index (χ0n) is 11.9. The third kappa shape index (κ3) is 3.98. The van der Waals surface area contributed by atoms with E-state index >= 15 is 0 Å². The molecule has 100 valence electrons. The molecule has 2 rings (SSSR count). The van der Waals surface area contributed by atoms with Crippen LogP contribution in [0.4, 0.5) is 0 Å². The number of rotatable bonds is 8. The standard InChI is InChI=1S/C16H31N/c1-3-4-5-6-7-8-13(2)17-16-12-14-9-10-15(16)11-14/h13-17H,3-12H2,1-2H3. The molecule has 2 saturated carbocycles. The molecular formula is C16H31N. The van der Waals surface area contributed by atoms with Crippen LogP contribution in [0.3, 0.4) is 0 Å². The maximum Gasteiger partial charge on any atom is 0.0100 e. The first-order valence-corrected chi connectivity index (χ1v) is 8.05. The Morgan fingerprint density at radius 2 is 1.88 bits per heavy atom. The van der Waals surface area contributed by atoms with Crippen LogP contribution in [0.15, 0.2) is 0 Å². The molecule has 4 atom stereocenters. The van der Waals surface area contributed by atoms with E-state index in [1.54, 1.807) is 0 Å². The monoisotopic (exact) mass is 237 g/mol. The van der Waals surface area contributed by atoms with Crippen LogP contribution >= 0.6 is 0 Å². The summed E-state index contributed by atoms with van der Waals surface area (Å²) in [5.74, 6) is 2.11. The van der Waals surface area contributed by atoms with Crippen LogP contribution in [0.1, 0.15) is 78.1 Å². The summed E-state index contributed by atoms with van der Waals surface area (Å²) in [6.07, 6.45) is 14.5. The quantitative estimate of drug-likeness (QED) is 0.612. The van der Waals surface area contributed by atoms with E-state index in [-0.39, 0.29) is 0 Å². The van der Waals surface area contributed by atoms with Crippen molar-refractivity contribution >= 4 is 0 Å². The molecule has 4 unspecified atom stereocenters. The minimum atomic E-state index is 0.751. The van der Waals surface area contributed by atoms with Gasteiger partial charge >= 0.3 is 0 Å². The van der Waals surface area contributed by atoms with Crippen LogP contribution in [0.2, 0.25) is 0 Å². The minimum Gasteiger partial charge on any atom is -0.311 e. The molecule has 1 N–H and O–H groups in total. The lowest BCUT2D eigenvalue weighted by atomic mass is 9.94. The van der Waals surface area contributed by atoms with E-state index in [1.807, 2.05) is 0 Å². The van der Waals surface area contributed by atoms with E-state index < -0.39 is 0 Å². The van der Waals surface area contributed by atoms with Crippen LogP contribution in [0, 0.1) is 11.8 Å². The maximum absolute atomic E-state index is 3.90. The Hall–Kier alpha value is -0.0400. The Balaban J connectivity index is 1.53. The Morgan fingerprint density at radius 3 is 2.53 bits per heavy atom. The van der Waals surface area contributed by atoms with E-state index in [1.165, 1.54) is 64.2 Å². The van der Waals surface area contributed by atoms with Gasteiger partial charge < -0.3 is 5.32 Å². The highest BCUT2D eigenvalue weighted by Crippen LogP contribution is 2.44. The van der Waals surface area contributed by atoms with Crippen LogP contribution in [-0.4, -0.2) is 12.1 Å². The van der Waals surface area contributed by atoms with Crippen molar-refractivity contribution in [2.75, 3.05) is 0 Å². The summed E-state index contributed by atoms with van der Waals surface area (Å²) in [5, 5.41) is 3.90. The van der Waals surface area contributed by atoms with Gasteiger partial charge in [0.25, 0.3) is 0 Å². The normalized spacial score (nSPS) is 33.2. The summed E-state index contributed by atoms with van der Waals surface area (Å²) in [6.45, 7) is 4.69. The van der Waals surface area contributed by atoms with Crippen LogP contribution < -0.4 is 5.32 Å². The molecule has 0 aromatic rings. The highest BCUT2D eigenvalue weighted by atomic mass is 15.0. The van der Waals surface area contributed by atoms with Crippen molar-refractivity contribution < 1.29 is 0 Å². The summed E-state index contributed by atoms with van der Waals surface area (Å²) in [5.41, 5.74) is 0. The minimum absolute atomic E-state index is 0.751. The third-order valence-electron chi connectivity index (χ3n) is 4.98. The first kappa shape index (κ1) is 13.4. The fraction of sp³-hybridized carbons (Fsp3) is 1.00. The van der Waals surface area contributed by atoms with Gasteiger partial charge in [-0.05, 0) is 44.4 Å². The lowest BCUT2D eigenvalue weighted by Gasteiger charge is -2.26. The van der Waals surface area contributed by atoms with Gasteiger partial charge in [-0.3, -0.25) is 0 Å². The fourth-order valence-electron chi connectivity index (χ4n) is 3.95. The number of hydrogen-bond acceptors (Lipinski definition) is 1. The second-order valence-electron chi connectivity index (χ2n) is 6.55. The summed E-state index contributed by atoms with van der Waals surface area (Å²) < 4.78 is 0. The van der Waals surface area contributed by atoms with E-state index in [0.717, 1.165) is 23.9 Å². The number of hydrogen-bond donors (Lipinski definition) is 1. The van der Waals surface area contributed by atoms with Gasteiger partial charge in [0.1, 0.15) is 0 Å². The SMILES string of the molecule is CCCCCCCC(C)NC1CC2CCC1C2. The van der Waals surface area contributed by atoms with Crippen molar-refractivity contribution in [3.05, 3.63) is 0 Å². The van der Waals surface area contributed by atoms with Gasteiger partial charge in [-0.1, -0.05) is 45.4 Å². The molecule has 1 nitrogen and oxygen atoms in total.